The van der Waals surface area contributed by atoms with Gasteiger partial charge in [0.05, 0.1) is 23.6 Å². The summed E-state index contributed by atoms with van der Waals surface area (Å²) in [6.45, 7) is 11.2. The number of thioether (sulfide) groups is 1. The molecule has 0 spiro atoms. The molecule has 168 valence electrons. The minimum absolute atomic E-state index is 0.222. The summed E-state index contributed by atoms with van der Waals surface area (Å²) in [5.74, 6) is -0.222. The van der Waals surface area contributed by atoms with Gasteiger partial charge in [0.2, 0.25) is 0 Å². The maximum absolute atomic E-state index is 13.9. The van der Waals surface area contributed by atoms with Crippen molar-refractivity contribution < 1.29 is 4.39 Å². The Kier molecular flexibility index (Phi) is 8.46. The zero-order valence-electron chi connectivity index (χ0n) is 19.7. The number of aromatic nitrogens is 3. The molecule has 0 saturated heterocycles. The first kappa shape index (κ1) is 24.0. The van der Waals surface area contributed by atoms with Crippen molar-refractivity contribution in [2.45, 2.75) is 60.4 Å². The minimum Gasteiger partial charge on any atom is -0.341 e. The number of aryl methyl sites for hydroxylation is 2. The first-order valence-corrected chi connectivity index (χ1v) is 12.2. The molecule has 0 atom stereocenters. The van der Waals surface area contributed by atoms with Crippen LogP contribution in [0.2, 0.25) is 0 Å². The van der Waals surface area contributed by atoms with E-state index in [1.54, 1.807) is 23.9 Å². The van der Waals surface area contributed by atoms with E-state index >= 15 is 0 Å². The fourth-order valence-electron chi connectivity index (χ4n) is 3.77. The molecule has 0 fully saturated rings. The highest BCUT2D eigenvalue weighted by Crippen LogP contribution is 2.33. The fourth-order valence-corrected chi connectivity index (χ4v) is 4.60. The van der Waals surface area contributed by atoms with Gasteiger partial charge in [-0.3, -0.25) is 0 Å². The van der Waals surface area contributed by atoms with Crippen LogP contribution in [0.4, 0.5) is 4.39 Å². The van der Waals surface area contributed by atoms with E-state index in [1.807, 2.05) is 19.1 Å². The van der Waals surface area contributed by atoms with Crippen LogP contribution in [0.25, 0.3) is 16.2 Å². The van der Waals surface area contributed by atoms with Gasteiger partial charge in [0.15, 0.2) is 0 Å². The summed E-state index contributed by atoms with van der Waals surface area (Å²) >= 11 is 1.70. The van der Waals surface area contributed by atoms with Crippen molar-refractivity contribution in [3.05, 3.63) is 88.0 Å². The predicted molar refractivity (Wildman–Crippen MR) is 135 cm³/mol. The van der Waals surface area contributed by atoms with Crippen molar-refractivity contribution in [3.8, 4) is 11.3 Å². The third kappa shape index (κ3) is 5.39. The summed E-state index contributed by atoms with van der Waals surface area (Å²) in [7, 11) is 0. The van der Waals surface area contributed by atoms with Gasteiger partial charge in [-0.15, -0.1) is 5.10 Å². The quantitative estimate of drug-likeness (QED) is 0.336. The highest BCUT2D eigenvalue weighted by Gasteiger charge is 2.16. The van der Waals surface area contributed by atoms with Crippen molar-refractivity contribution in [1.29, 1.82) is 0 Å². The Hall–Kier alpha value is -2.66. The molecule has 3 nitrogen and oxygen atoms in total. The van der Waals surface area contributed by atoms with Crippen LogP contribution in [-0.2, 0) is 19.4 Å². The molecule has 0 bridgehead atoms. The molecule has 1 aromatic carbocycles. The van der Waals surface area contributed by atoms with E-state index in [9.17, 15) is 4.39 Å². The summed E-state index contributed by atoms with van der Waals surface area (Å²) in [6, 6.07) is 11.1. The van der Waals surface area contributed by atoms with Gasteiger partial charge >= 0.3 is 0 Å². The lowest BCUT2D eigenvalue weighted by Gasteiger charge is -2.15. The summed E-state index contributed by atoms with van der Waals surface area (Å²) in [5, 5.41) is 11.4. The molecule has 0 aliphatic heterocycles. The number of hydrogen-bond donors (Lipinski definition) is 0. The van der Waals surface area contributed by atoms with E-state index in [4.69, 9.17) is 0 Å². The van der Waals surface area contributed by atoms with Crippen molar-refractivity contribution in [1.82, 2.24) is 14.8 Å². The molecule has 0 N–H and O–H groups in total. The molecule has 2 aromatic heterocycles. The molecule has 2 heterocycles. The first-order chi connectivity index (χ1) is 15.5. The molecular weight excluding hydrogens is 417 g/mol. The summed E-state index contributed by atoms with van der Waals surface area (Å²) < 4.78 is 16.1. The Balaban J connectivity index is 2.01. The topological polar surface area (TPSA) is 30.7 Å². The number of benzene rings is 1. The molecule has 0 saturated carbocycles. The molecule has 0 aliphatic rings. The van der Waals surface area contributed by atoms with Crippen molar-refractivity contribution in [3.63, 3.8) is 0 Å². The molecule has 3 rings (SSSR count). The zero-order valence-corrected chi connectivity index (χ0v) is 20.5. The third-order valence-corrected chi connectivity index (χ3v) is 6.86. The van der Waals surface area contributed by atoms with Crippen molar-refractivity contribution in [2.24, 2.45) is 0 Å². The second-order valence-electron chi connectivity index (χ2n) is 7.79. The molecule has 0 unspecified atom stereocenters. The van der Waals surface area contributed by atoms with Gasteiger partial charge in [0, 0.05) is 16.7 Å². The first-order valence-electron chi connectivity index (χ1n) is 11.3. The van der Waals surface area contributed by atoms with Crippen LogP contribution in [0.15, 0.2) is 59.7 Å². The SMILES string of the molecule is C/C=C\SC(=C(C)CC)c1cc(CC)c(Cn2ccc(CC)c2-c2cccc(F)c2)nn1. The second-order valence-corrected chi connectivity index (χ2v) is 8.70. The Morgan fingerprint density at radius 3 is 2.50 bits per heavy atom. The van der Waals surface area contributed by atoms with E-state index in [0.717, 1.165) is 41.9 Å². The summed E-state index contributed by atoms with van der Waals surface area (Å²) in [5.41, 5.74) is 7.52. The lowest BCUT2D eigenvalue weighted by atomic mass is 10.1. The van der Waals surface area contributed by atoms with Gasteiger partial charge in [0.25, 0.3) is 0 Å². The smallest absolute Gasteiger partial charge is 0.123 e. The lowest BCUT2D eigenvalue weighted by molar-refractivity contribution is 0.628. The Labute approximate surface area is 195 Å². The molecule has 0 aliphatic carbocycles. The number of nitrogens with zero attached hydrogens (tertiary/aromatic N) is 3. The average Bonchev–Trinajstić information content (AvgIpc) is 3.22. The molecule has 32 heavy (non-hydrogen) atoms. The zero-order chi connectivity index (χ0) is 23.1. The molecular formula is C27H32FN3S. The van der Waals surface area contributed by atoms with Gasteiger partial charge < -0.3 is 4.57 Å². The van der Waals surface area contributed by atoms with Crippen LogP contribution in [0.1, 0.15) is 63.6 Å². The van der Waals surface area contributed by atoms with Gasteiger partial charge in [-0.2, -0.15) is 5.10 Å². The maximum atomic E-state index is 13.9. The van der Waals surface area contributed by atoms with Gasteiger partial charge in [-0.1, -0.05) is 56.3 Å². The average molecular weight is 450 g/mol. The highest BCUT2D eigenvalue weighted by molar-refractivity contribution is 8.10. The van der Waals surface area contributed by atoms with Crippen LogP contribution >= 0.6 is 11.8 Å². The van der Waals surface area contributed by atoms with E-state index in [2.05, 4.69) is 66.2 Å². The van der Waals surface area contributed by atoms with Gasteiger partial charge in [-0.25, -0.2) is 4.39 Å². The van der Waals surface area contributed by atoms with E-state index < -0.39 is 0 Å². The number of allylic oxidation sites excluding steroid dienone is 2. The van der Waals surface area contributed by atoms with E-state index in [-0.39, 0.29) is 5.82 Å². The fraction of sp³-hybridized carbons (Fsp3) is 0.333. The summed E-state index contributed by atoms with van der Waals surface area (Å²) in [6.07, 6.45) is 6.85. The lowest BCUT2D eigenvalue weighted by Crippen LogP contribution is -2.09. The molecule has 3 aromatic rings. The van der Waals surface area contributed by atoms with E-state index in [1.165, 1.54) is 27.7 Å². The normalized spacial score (nSPS) is 12.4. The Morgan fingerprint density at radius 2 is 1.84 bits per heavy atom. The standard InChI is InChI=1S/C27H32FN3S/c1-6-15-32-27(19(5)7-2)24-17-21(9-4)25(30-29-24)18-31-14-13-20(8-3)26(31)22-11-10-12-23(28)16-22/h6,10-17H,7-9,18H2,1-5H3/b15-6-,27-19?. The number of halogens is 1. The second kappa shape index (κ2) is 11.3. The van der Waals surface area contributed by atoms with Crippen LogP contribution in [0, 0.1) is 5.82 Å². The summed E-state index contributed by atoms with van der Waals surface area (Å²) in [4.78, 5) is 1.18. The van der Waals surface area contributed by atoms with Crippen LogP contribution < -0.4 is 0 Å². The molecule has 0 amide bonds. The maximum Gasteiger partial charge on any atom is 0.123 e. The Bertz CT molecular complexity index is 1130. The van der Waals surface area contributed by atoms with Crippen molar-refractivity contribution >= 4 is 16.7 Å². The van der Waals surface area contributed by atoms with Gasteiger partial charge in [0.1, 0.15) is 5.82 Å². The third-order valence-electron chi connectivity index (χ3n) is 5.66. The van der Waals surface area contributed by atoms with Crippen molar-refractivity contribution in [2.75, 3.05) is 0 Å². The minimum atomic E-state index is -0.222. The number of hydrogen-bond acceptors (Lipinski definition) is 3. The molecule has 0 radical (unpaired) electrons. The molecule has 5 heteroatoms. The largest absolute Gasteiger partial charge is 0.341 e. The van der Waals surface area contributed by atoms with Crippen LogP contribution in [0.3, 0.4) is 0 Å². The number of rotatable bonds is 9. The van der Waals surface area contributed by atoms with Gasteiger partial charge in [-0.05, 0) is 73.9 Å². The highest BCUT2D eigenvalue weighted by atomic mass is 32.2. The predicted octanol–water partition coefficient (Wildman–Crippen LogP) is 7.67. The van der Waals surface area contributed by atoms with Crippen LogP contribution in [-0.4, -0.2) is 14.8 Å². The van der Waals surface area contributed by atoms with Crippen LogP contribution in [0.5, 0.6) is 0 Å². The monoisotopic (exact) mass is 449 g/mol. The Morgan fingerprint density at radius 1 is 1.06 bits per heavy atom. The van der Waals surface area contributed by atoms with E-state index in [0.29, 0.717) is 6.54 Å².